The number of hydrogen-bond donors (Lipinski definition) is 2. The first-order valence-electron chi connectivity index (χ1n) is 9.04. The minimum Gasteiger partial charge on any atom is -0.493 e. The van der Waals surface area contributed by atoms with Gasteiger partial charge >= 0.3 is 0 Å². The first-order chi connectivity index (χ1) is 12.6. The minimum absolute atomic E-state index is 0. The lowest BCUT2D eigenvalue weighted by molar-refractivity contribution is 0.166. The van der Waals surface area contributed by atoms with Crippen LogP contribution in [0.4, 0.5) is 5.69 Å². The van der Waals surface area contributed by atoms with E-state index >= 15 is 0 Å². The van der Waals surface area contributed by atoms with Gasteiger partial charge < -0.3 is 20.5 Å². The van der Waals surface area contributed by atoms with E-state index in [1.807, 2.05) is 24.3 Å². The lowest BCUT2D eigenvalue weighted by atomic mass is 10.1. The van der Waals surface area contributed by atoms with Crippen molar-refractivity contribution in [2.75, 3.05) is 25.1 Å². The Labute approximate surface area is 178 Å². The summed E-state index contributed by atoms with van der Waals surface area (Å²) in [5.74, 6) is 1.74. The molecule has 1 atom stereocenters. The minimum atomic E-state index is 0. The van der Waals surface area contributed by atoms with Crippen molar-refractivity contribution < 1.29 is 9.47 Å². The van der Waals surface area contributed by atoms with Gasteiger partial charge in [-0.1, -0.05) is 29.8 Å². The van der Waals surface area contributed by atoms with Crippen LogP contribution < -0.4 is 15.8 Å². The number of guanidine groups is 1. The van der Waals surface area contributed by atoms with Crippen molar-refractivity contribution in [3.05, 3.63) is 59.2 Å². The number of nitrogens with zero attached hydrogens (tertiary/aromatic N) is 1. The summed E-state index contributed by atoms with van der Waals surface area (Å²) in [6, 6.07) is 14.2. The highest BCUT2D eigenvalue weighted by atomic mass is 127. The van der Waals surface area contributed by atoms with Crippen LogP contribution in [0.1, 0.15) is 23.1 Å². The summed E-state index contributed by atoms with van der Waals surface area (Å²) in [7, 11) is 0. The van der Waals surface area contributed by atoms with E-state index in [-0.39, 0.29) is 24.0 Å². The predicted octanol–water partition coefficient (Wildman–Crippen LogP) is 4.26. The van der Waals surface area contributed by atoms with E-state index in [2.05, 4.69) is 42.4 Å². The maximum Gasteiger partial charge on any atom is 0.193 e. The molecular weight excluding hydrogens is 453 g/mol. The van der Waals surface area contributed by atoms with Crippen molar-refractivity contribution >= 4 is 35.6 Å². The molecule has 0 radical (unpaired) electrons. The quantitative estimate of drug-likeness (QED) is 0.368. The zero-order chi connectivity index (χ0) is 18.4. The average molecular weight is 481 g/mol. The van der Waals surface area contributed by atoms with Crippen LogP contribution in [0.3, 0.4) is 0 Å². The molecule has 1 aliphatic heterocycles. The fraction of sp³-hybridized carbons (Fsp3) is 0.381. The van der Waals surface area contributed by atoms with Gasteiger partial charge in [0.15, 0.2) is 5.96 Å². The molecule has 0 aliphatic carbocycles. The zero-order valence-electron chi connectivity index (χ0n) is 15.9. The second-order valence-electron chi connectivity index (χ2n) is 6.84. The van der Waals surface area contributed by atoms with Crippen LogP contribution in [-0.2, 0) is 11.3 Å². The number of hydrogen-bond acceptors (Lipinski definition) is 3. The van der Waals surface area contributed by atoms with E-state index in [9.17, 15) is 0 Å². The predicted molar refractivity (Wildman–Crippen MR) is 121 cm³/mol. The number of rotatable bonds is 6. The maximum absolute atomic E-state index is 6.06. The highest BCUT2D eigenvalue weighted by Gasteiger charge is 2.17. The van der Waals surface area contributed by atoms with Crippen LogP contribution in [0.15, 0.2) is 47.5 Å². The molecule has 3 rings (SSSR count). The normalized spacial score (nSPS) is 16.7. The molecular formula is C21H28IN3O2. The summed E-state index contributed by atoms with van der Waals surface area (Å²) in [5.41, 5.74) is 10.4. The number of benzene rings is 2. The number of aryl methyl sites for hydroxylation is 2. The number of ether oxygens (including phenoxy) is 2. The van der Waals surface area contributed by atoms with E-state index < -0.39 is 0 Å². The summed E-state index contributed by atoms with van der Waals surface area (Å²) >= 11 is 0. The van der Waals surface area contributed by atoms with Crippen molar-refractivity contribution in [2.24, 2.45) is 16.6 Å². The van der Waals surface area contributed by atoms with Gasteiger partial charge in [-0.05, 0) is 44.0 Å². The third-order valence-electron chi connectivity index (χ3n) is 4.46. The summed E-state index contributed by atoms with van der Waals surface area (Å²) in [4.78, 5) is 4.46. The maximum atomic E-state index is 6.06. The monoisotopic (exact) mass is 481 g/mol. The molecule has 1 heterocycles. The number of nitrogens with one attached hydrogen (secondary N) is 1. The van der Waals surface area contributed by atoms with Gasteiger partial charge in [0.05, 0.1) is 19.8 Å². The lowest BCUT2D eigenvalue weighted by Crippen LogP contribution is -2.22. The van der Waals surface area contributed by atoms with Crippen LogP contribution in [0.2, 0.25) is 0 Å². The largest absolute Gasteiger partial charge is 0.493 e. The Balaban J connectivity index is 0.00000261. The topological polar surface area (TPSA) is 68.9 Å². The molecule has 1 saturated heterocycles. The Kier molecular flexibility index (Phi) is 8.37. The molecule has 1 aliphatic rings. The van der Waals surface area contributed by atoms with Gasteiger partial charge in [-0.3, -0.25) is 0 Å². The molecule has 1 unspecified atom stereocenters. The van der Waals surface area contributed by atoms with Gasteiger partial charge in [0, 0.05) is 23.8 Å². The second kappa shape index (κ2) is 10.5. The van der Waals surface area contributed by atoms with Crippen LogP contribution >= 0.6 is 24.0 Å². The molecule has 2 aromatic rings. The molecule has 0 aromatic heterocycles. The van der Waals surface area contributed by atoms with Gasteiger partial charge in [0.1, 0.15) is 5.75 Å². The molecule has 146 valence electrons. The third-order valence-corrected chi connectivity index (χ3v) is 4.46. The number of anilines is 1. The van der Waals surface area contributed by atoms with Crippen molar-refractivity contribution in [3.63, 3.8) is 0 Å². The van der Waals surface area contributed by atoms with Gasteiger partial charge in [-0.15, -0.1) is 24.0 Å². The van der Waals surface area contributed by atoms with Gasteiger partial charge in [0.2, 0.25) is 0 Å². The first-order valence-corrected chi connectivity index (χ1v) is 9.04. The van der Waals surface area contributed by atoms with Crippen molar-refractivity contribution in [1.82, 2.24) is 0 Å². The van der Waals surface area contributed by atoms with Crippen molar-refractivity contribution in [3.8, 4) is 5.75 Å². The Morgan fingerprint density at radius 2 is 1.93 bits per heavy atom. The zero-order valence-corrected chi connectivity index (χ0v) is 18.2. The van der Waals surface area contributed by atoms with Crippen LogP contribution in [-0.4, -0.2) is 25.8 Å². The molecule has 1 fully saturated rings. The Morgan fingerprint density at radius 1 is 1.19 bits per heavy atom. The second-order valence-corrected chi connectivity index (χ2v) is 6.84. The lowest BCUT2D eigenvalue weighted by Gasteiger charge is -2.14. The van der Waals surface area contributed by atoms with E-state index in [4.69, 9.17) is 15.2 Å². The summed E-state index contributed by atoms with van der Waals surface area (Å²) in [5, 5.41) is 3.12. The fourth-order valence-electron chi connectivity index (χ4n) is 2.84. The number of halogens is 1. The van der Waals surface area contributed by atoms with E-state index in [0.29, 0.717) is 25.0 Å². The standard InChI is InChI=1S/C21H27N3O2.HI/c1-15-4-7-19(8-5-15)24-21(22)23-12-18-6-3-16(2)11-20(18)26-14-17-9-10-25-13-17;/h3-8,11,17H,9-10,12-14H2,1-2H3,(H3,22,23,24);1H. The molecule has 0 saturated carbocycles. The van der Waals surface area contributed by atoms with Crippen LogP contribution in [0, 0.1) is 19.8 Å². The molecule has 0 amide bonds. The van der Waals surface area contributed by atoms with Gasteiger partial charge in [-0.25, -0.2) is 4.99 Å². The Morgan fingerprint density at radius 3 is 2.63 bits per heavy atom. The summed E-state index contributed by atoms with van der Waals surface area (Å²) < 4.78 is 11.5. The molecule has 5 nitrogen and oxygen atoms in total. The molecule has 0 spiro atoms. The molecule has 27 heavy (non-hydrogen) atoms. The molecule has 6 heteroatoms. The van der Waals surface area contributed by atoms with Crippen LogP contribution in [0.5, 0.6) is 5.75 Å². The van der Waals surface area contributed by atoms with Crippen molar-refractivity contribution in [2.45, 2.75) is 26.8 Å². The SMILES string of the molecule is Cc1ccc(NC(N)=NCc2ccc(C)cc2OCC2CCOC2)cc1.I. The summed E-state index contributed by atoms with van der Waals surface area (Å²) in [6.45, 7) is 6.88. The Bertz CT molecular complexity index is 757. The molecule has 0 bridgehead atoms. The highest BCUT2D eigenvalue weighted by molar-refractivity contribution is 14.0. The first kappa shape index (κ1) is 21.5. The Hall–Kier alpha value is -1.80. The van der Waals surface area contributed by atoms with Crippen molar-refractivity contribution in [1.29, 1.82) is 0 Å². The smallest absolute Gasteiger partial charge is 0.193 e. The van der Waals surface area contributed by atoms with Gasteiger partial charge in [-0.2, -0.15) is 0 Å². The van der Waals surface area contributed by atoms with E-state index in [0.717, 1.165) is 36.6 Å². The average Bonchev–Trinajstić information content (AvgIpc) is 3.14. The van der Waals surface area contributed by atoms with E-state index in [1.165, 1.54) is 11.1 Å². The summed E-state index contributed by atoms with van der Waals surface area (Å²) in [6.07, 6.45) is 1.06. The van der Waals surface area contributed by atoms with E-state index in [1.54, 1.807) is 0 Å². The number of aliphatic imine (C=N–C) groups is 1. The number of nitrogens with two attached hydrogens (primary N) is 1. The third kappa shape index (κ3) is 6.70. The molecule has 3 N–H and O–H groups in total. The molecule has 2 aromatic carbocycles. The van der Waals surface area contributed by atoms with Gasteiger partial charge in [0.25, 0.3) is 0 Å². The fourth-order valence-corrected chi connectivity index (χ4v) is 2.84. The highest BCUT2D eigenvalue weighted by Crippen LogP contribution is 2.23. The van der Waals surface area contributed by atoms with Crippen LogP contribution in [0.25, 0.3) is 0 Å².